The summed E-state index contributed by atoms with van der Waals surface area (Å²) < 4.78 is 5.92. The molecule has 1 aliphatic carbocycles. The van der Waals surface area contributed by atoms with Crippen LogP contribution in [-0.4, -0.2) is 61.3 Å². The van der Waals surface area contributed by atoms with Gasteiger partial charge in [-0.05, 0) is 43.3 Å². The molecule has 0 aromatic heterocycles. The van der Waals surface area contributed by atoms with E-state index in [9.17, 15) is 0 Å². The van der Waals surface area contributed by atoms with Gasteiger partial charge in [0.2, 0.25) is 0 Å². The van der Waals surface area contributed by atoms with Crippen molar-refractivity contribution in [2.24, 2.45) is 16.8 Å². The summed E-state index contributed by atoms with van der Waals surface area (Å²) in [5, 5.41) is 3.72. The van der Waals surface area contributed by atoms with E-state index in [2.05, 4.69) is 33.9 Å². The molecule has 0 radical (unpaired) electrons. The highest BCUT2D eigenvalue weighted by molar-refractivity contribution is 8.00. The zero-order chi connectivity index (χ0) is 16.1. The third-order valence-corrected chi connectivity index (χ3v) is 7.36. The standard InChI is InChI=1S/C18H33N3OS/c1-3-23-18(8-10-22-11-9-18)14-20-17(19-2)21-12-15-6-4-5-7-16(15)13-21/h15-16H,3-14H2,1-2H3,(H,19,20). The van der Waals surface area contributed by atoms with Crippen molar-refractivity contribution in [1.82, 2.24) is 10.2 Å². The largest absolute Gasteiger partial charge is 0.381 e. The second kappa shape index (κ2) is 8.11. The summed E-state index contributed by atoms with van der Waals surface area (Å²) in [4.78, 5) is 7.11. The van der Waals surface area contributed by atoms with Crippen molar-refractivity contribution in [3.8, 4) is 0 Å². The van der Waals surface area contributed by atoms with E-state index in [1.165, 1.54) is 44.5 Å². The van der Waals surface area contributed by atoms with Crippen LogP contribution in [0.15, 0.2) is 4.99 Å². The van der Waals surface area contributed by atoms with E-state index in [4.69, 9.17) is 4.74 Å². The molecule has 2 unspecified atom stereocenters. The Kier molecular flexibility index (Phi) is 6.13. The van der Waals surface area contributed by atoms with Gasteiger partial charge in [0.15, 0.2) is 5.96 Å². The van der Waals surface area contributed by atoms with Gasteiger partial charge in [-0.2, -0.15) is 11.8 Å². The number of nitrogens with zero attached hydrogens (tertiary/aromatic N) is 2. The van der Waals surface area contributed by atoms with Crippen LogP contribution < -0.4 is 5.32 Å². The van der Waals surface area contributed by atoms with Crippen LogP contribution in [0, 0.1) is 11.8 Å². The van der Waals surface area contributed by atoms with Crippen molar-refractivity contribution in [3.05, 3.63) is 0 Å². The van der Waals surface area contributed by atoms with E-state index < -0.39 is 0 Å². The van der Waals surface area contributed by atoms with Crippen LogP contribution in [0.2, 0.25) is 0 Å². The minimum absolute atomic E-state index is 0.329. The molecule has 1 N–H and O–H groups in total. The molecular formula is C18H33N3OS. The fourth-order valence-electron chi connectivity index (χ4n) is 4.57. The number of aliphatic imine (C=N–C) groups is 1. The molecule has 3 fully saturated rings. The number of hydrogen-bond acceptors (Lipinski definition) is 3. The first kappa shape index (κ1) is 17.4. The minimum atomic E-state index is 0.329. The highest BCUT2D eigenvalue weighted by Gasteiger charge is 2.37. The molecule has 0 amide bonds. The summed E-state index contributed by atoms with van der Waals surface area (Å²) in [6.07, 6.45) is 8.01. The highest BCUT2D eigenvalue weighted by Crippen LogP contribution is 2.37. The fraction of sp³-hybridized carbons (Fsp3) is 0.944. The van der Waals surface area contributed by atoms with E-state index in [-0.39, 0.29) is 0 Å². The lowest BCUT2D eigenvalue weighted by molar-refractivity contribution is 0.0780. The molecule has 132 valence electrons. The van der Waals surface area contributed by atoms with E-state index in [0.717, 1.165) is 50.4 Å². The van der Waals surface area contributed by atoms with Crippen molar-refractivity contribution < 1.29 is 4.74 Å². The Morgan fingerprint density at radius 1 is 1.22 bits per heavy atom. The third-order valence-electron chi connectivity index (χ3n) is 5.91. The molecule has 2 heterocycles. The second-order valence-corrected chi connectivity index (χ2v) is 9.07. The van der Waals surface area contributed by atoms with Crippen LogP contribution >= 0.6 is 11.8 Å². The SMILES string of the molecule is CCSC1(CNC(=NC)N2CC3CCCCC3C2)CCOCC1. The van der Waals surface area contributed by atoms with E-state index in [1.807, 2.05) is 7.05 Å². The van der Waals surface area contributed by atoms with E-state index in [0.29, 0.717) is 4.75 Å². The van der Waals surface area contributed by atoms with E-state index >= 15 is 0 Å². The highest BCUT2D eigenvalue weighted by atomic mass is 32.2. The predicted octanol–water partition coefficient (Wildman–Crippen LogP) is 2.99. The predicted molar refractivity (Wildman–Crippen MR) is 99.3 cm³/mol. The lowest BCUT2D eigenvalue weighted by atomic mass is 9.82. The van der Waals surface area contributed by atoms with Gasteiger partial charge in [0.1, 0.15) is 0 Å². The number of fused-ring (bicyclic) bond motifs is 1. The van der Waals surface area contributed by atoms with Crippen molar-refractivity contribution in [1.29, 1.82) is 0 Å². The molecule has 0 aromatic rings. The Balaban J connectivity index is 1.56. The fourth-order valence-corrected chi connectivity index (χ4v) is 5.81. The van der Waals surface area contributed by atoms with Crippen LogP contribution in [0.25, 0.3) is 0 Å². The second-order valence-electron chi connectivity index (χ2n) is 7.34. The Bertz CT molecular complexity index is 390. The molecule has 23 heavy (non-hydrogen) atoms. The van der Waals surface area contributed by atoms with Gasteiger partial charge in [0.25, 0.3) is 0 Å². The molecule has 2 atom stereocenters. The average Bonchev–Trinajstić information content (AvgIpc) is 3.00. The van der Waals surface area contributed by atoms with Crippen molar-refractivity contribution >= 4 is 17.7 Å². The topological polar surface area (TPSA) is 36.9 Å². The molecule has 2 saturated heterocycles. The maximum Gasteiger partial charge on any atom is 0.193 e. The molecule has 4 nitrogen and oxygen atoms in total. The minimum Gasteiger partial charge on any atom is -0.381 e. The number of ether oxygens (including phenoxy) is 1. The quantitative estimate of drug-likeness (QED) is 0.631. The Labute approximate surface area is 145 Å². The number of likely N-dealkylation sites (tertiary alicyclic amines) is 1. The van der Waals surface area contributed by atoms with Gasteiger partial charge in [-0.1, -0.05) is 19.8 Å². The number of guanidine groups is 1. The Hall–Kier alpha value is -0.420. The number of rotatable bonds is 4. The van der Waals surface area contributed by atoms with Crippen molar-refractivity contribution in [2.45, 2.75) is 50.2 Å². The summed E-state index contributed by atoms with van der Waals surface area (Å²) in [6, 6.07) is 0. The zero-order valence-corrected chi connectivity index (χ0v) is 15.7. The third kappa shape index (κ3) is 4.16. The number of hydrogen-bond donors (Lipinski definition) is 1. The van der Waals surface area contributed by atoms with Gasteiger partial charge >= 0.3 is 0 Å². The average molecular weight is 340 g/mol. The molecule has 0 aromatic carbocycles. The summed E-state index contributed by atoms with van der Waals surface area (Å²) >= 11 is 2.10. The molecular weight excluding hydrogens is 306 g/mol. The molecule has 0 spiro atoms. The number of nitrogens with one attached hydrogen (secondary N) is 1. The molecule has 2 aliphatic heterocycles. The van der Waals surface area contributed by atoms with Crippen molar-refractivity contribution in [3.63, 3.8) is 0 Å². The van der Waals surface area contributed by atoms with Crippen LogP contribution in [0.4, 0.5) is 0 Å². The van der Waals surface area contributed by atoms with Gasteiger partial charge in [-0.15, -0.1) is 0 Å². The van der Waals surface area contributed by atoms with Gasteiger partial charge in [-0.3, -0.25) is 4.99 Å². The maximum atomic E-state index is 5.59. The Morgan fingerprint density at radius 3 is 2.43 bits per heavy atom. The van der Waals surface area contributed by atoms with Gasteiger partial charge in [0.05, 0.1) is 0 Å². The molecule has 3 rings (SSSR count). The lowest BCUT2D eigenvalue weighted by Crippen LogP contribution is -2.49. The summed E-state index contributed by atoms with van der Waals surface area (Å²) in [6.45, 7) is 7.51. The van der Waals surface area contributed by atoms with Gasteiger partial charge < -0.3 is 15.0 Å². The summed E-state index contributed by atoms with van der Waals surface area (Å²) in [5.74, 6) is 4.12. The van der Waals surface area contributed by atoms with E-state index in [1.54, 1.807) is 0 Å². The van der Waals surface area contributed by atoms with Gasteiger partial charge in [0, 0.05) is 44.6 Å². The molecule has 5 heteroatoms. The first-order valence-electron chi connectivity index (χ1n) is 9.43. The lowest BCUT2D eigenvalue weighted by Gasteiger charge is -2.37. The van der Waals surface area contributed by atoms with Crippen LogP contribution in [-0.2, 0) is 4.74 Å². The van der Waals surface area contributed by atoms with Crippen LogP contribution in [0.1, 0.15) is 45.4 Å². The normalized spacial score (nSPS) is 31.0. The molecule has 1 saturated carbocycles. The molecule has 3 aliphatic rings. The van der Waals surface area contributed by atoms with Crippen LogP contribution in [0.3, 0.4) is 0 Å². The summed E-state index contributed by atoms with van der Waals surface area (Å²) in [5.41, 5.74) is 0. The van der Waals surface area contributed by atoms with Crippen LogP contribution in [0.5, 0.6) is 0 Å². The smallest absolute Gasteiger partial charge is 0.193 e. The first-order valence-corrected chi connectivity index (χ1v) is 10.4. The Morgan fingerprint density at radius 2 is 1.87 bits per heavy atom. The zero-order valence-electron chi connectivity index (χ0n) is 14.9. The monoisotopic (exact) mass is 339 g/mol. The maximum absolute atomic E-state index is 5.59. The first-order chi connectivity index (χ1) is 11.3. The number of thioether (sulfide) groups is 1. The summed E-state index contributed by atoms with van der Waals surface area (Å²) in [7, 11) is 1.94. The molecule has 0 bridgehead atoms. The van der Waals surface area contributed by atoms with Gasteiger partial charge in [-0.25, -0.2) is 0 Å². The van der Waals surface area contributed by atoms with Crippen molar-refractivity contribution in [2.75, 3.05) is 45.6 Å².